The number of rotatable bonds is 5. The summed E-state index contributed by atoms with van der Waals surface area (Å²) in [6.45, 7) is 2.75. The van der Waals surface area contributed by atoms with E-state index < -0.39 is 0 Å². The van der Waals surface area contributed by atoms with E-state index in [1.54, 1.807) is 30.3 Å². The maximum absolute atomic E-state index is 12.7. The van der Waals surface area contributed by atoms with Crippen LogP contribution in [0.1, 0.15) is 56.3 Å². The number of ketones is 2. The molecule has 0 spiro atoms. The van der Waals surface area contributed by atoms with Crippen LogP contribution in [0.2, 0.25) is 0 Å². The maximum atomic E-state index is 12.7. The fourth-order valence-electron chi connectivity index (χ4n) is 3.29. The van der Waals surface area contributed by atoms with Gasteiger partial charge < -0.3 is 9.73 Å². The lowest BCUT2D eigenvalue weighted by Gasteiger charge is -2.12. The summed E-state index contributed by atoms with van der Waals surface area (Å²) in [6, 6.07) is 18.7. The van der Waals surface area contributed by atoms with Gasteiger partial charge in [0.1, 0.15) is 5.76 Å². The molecular formula is C22H19NO3. The first-order valence-electron chi connectivity index (χ1n) is 8.74. The van der Waals surface area contributed by atoms with Gasteiger partial charge in [0.2, 0.25) is 5.78 Å². The smallest absolute Gasteiger partial charge is 0.229 e. The van der Waals surface area contributed by atoms with Gasteiger partial charge in [0.05, 0.1) is 11.6 Å². The van der Waals surface area contributed by atoms with Gasteiger partial charge in [0.25, 0.3) is 0 Å². The van der Waals surface area contributed by atoms with Crippen molar-refractivity contribution in [3.63, 3.8) is 0 Å². The molecule has 1 atom stereocenters. The number of carbonyl (C=O) groups is 2. The highest BCUT2D eigenvalue weighted by Gasteiger charge is 2.33. The topological polar surface area (TPSA) is 59.3 Å². The molecule has 26 heavy (non-hydrogen) atoms. The molecule has 1 heterocycles. The van der Waals surface area contributed by atoms with Crippen LogP contribution >= 0.6 is 0 Å². The summed E-state index contributed by atoms with van der Waals surface area (Å²) in [7, 11) is 0. The second kappa shape index (κ2) is 6.73. The number of nitrogens with one attached hydrogen (secondary N) is 1. The van der Waals surface area contributed by atoms with Crippen molar-refractivity contribution < 1.29 is 14.0 Å². The lowest BCUT2D eigenvalue weighted by atomic mass is 9.88. The molecule has 1 aliphatic rings. The third-order valence-electron chi connectivity index (χ3n) is 4.75. The molecule has 4 nitrogen and oxygen atoms in total. The van der Waals surface area contributed by atoms with Crippen molar-refractivity contribution in [2.24, 2.45) is 0 Å². The lowest BCUT2D eigenvalue weighted by molar-refractivity contribution is 0.0959. The van der Waals surface area contributed by atoms with Crippen LogP contribution in [0.5, 0.6) is 0 Å². The predicted octanol–water partition coefficient (Wildman–Crippen LogP) is 3.95. The summed E-state index contributed by atoms with van der Waals surface area (Å²) in [5.41, 5.74) is 2.48. The molecule has 4 heteroatoms. The zero-order valence-corrected chi connectivity index (χ0v) is 14.5. The van der Waals surface area contributed by atoms with E-state index >= 15 is 0 Å². The average molecular weight is 345 g/mol. The fourth-order valence-corrected chi connectivity index (χ4v) is 3.29. The Morgan fingerprint density at radius 3 is 2.27 bits per heavy atom. The van der Waals surface area contributed by atoms with Crippen LogP contribution in [-0.4, -0.2) is 18.1 Å². The third-order valence-corrected chi connectivity index (χ3v) is 4.75. The number of hydrogen-bond acceptors (Lipinski definition) is 4. The molecule has 1 unspecified atom stereocenters. The fraction of sp³-hybridized carbons (Fsp3) is 0.182. The normalized spacial score (nSPS) is 14.0. The minimum Gasteiger partial charge on any atom is -0.455 e. The van der Waals surface area contributed by atoms with Gasteiger partial charge in [-0.15, -0.1) is 0 Å². The van der Waals surface area contributed by atoms with Crippen LogP contribution in [0.3, 0.4) is 0 Å². The Labute approximate surface area is 151 Å². The molecule has 2 aromatic carbocycles. The highest BCUT2D eigenvalue weighted by molar-refractivity contribution is 6.27. The minimum absolute atomic E-state index is 0.0898. The van der Waals surface area contributed by atoms with Crippen molar-refractivity contribution in [3.8, 4) is 0 Å². The molecule has 1 aromatic heterocycles. The molecule has 0 radical (unpaired) electrons. The van der Waals surface area contributed by atoms with E-state index in [-0.39, 0.29) is 23.4 Å². The van der Waals surface area contributed by atoms with Crippen LogP contribution in [0.25, 0.3) is 0 Å². The Balaban J connectivity index is 1.51. The monoisotopic (exact) mass is 345 g/mol. The van der Waals surface area contributed by atoms with Crippen LogP contribution in [0.4, 0.5) is 0 Å². The standard InChI is InChI=1S/C22H19NO3/c1-14(23-12-11-15-7-3-2-4-8-15)19-13-18-20(24)16-9-5-6-10-17(16)21(25)22(18)26-19/h2-10,13-14,23H,11-12H2,1H3. The SMILES string of the molecule is CC(NCCc1ccccc1)c1cc2c(o1)C(=O)c1ccccc1C2=O. The van der Waals surface area contributed by atoms with Crippen molar-refractivity contribution in [2.75, 3.05) is 6.54 Å². The van der Waals surface area contributed by atoms with Gasteiger partial charge in [0.15, 0.2) is 11.5 Å². The van der Waals surface area contributed by atoms with Gasteiger partial charge >= 0.3 is 0 Å². The van der Waals surface area contributed by atoms with Gasteiger partial charge in [0, 0.05) is 11.1 Å². The summed E-state index contributed by atoms with van der Waals surface area (Å²) < 4.78 is 5.78. The lowest BCUT2D eigenvalue weighted by Crippen LogP contribution is -2.21. The van der Waals surface area contributed by atoms with E-state index in [1.807, 2.05) is 25.1 Å². The first kappa shape index (κ1) is 16.5. The van der Waals surface area contributed by atoms with Crippen molar-refractivity contribution in [3.05, 3.63) is 94.4 Å². The molecule has 130 valence electrons. The Morgan fingerprint density at radius 1 is 0.885 bits per heavy atom. The Bertz CT molecular complexity index is 920. The van der Waals surface area contributed by atoms with Crippen LogP contribution < -0.4 is 5.32 Å². The van der Waals surface area contributed by atoms with E-state index in [2.05, 4.69) is 17.4 Å². The zero-order chi connectivity index (χ0) is 18.1. The molecule has 0 fully saturated rings. The zero-order valence-electron chi connectivity index (χ0n) is 14.5. The van der Waals surface area contributed by atoms with Crippen LogP contribution in [0.15, 0.2) is 65.1 Å². The second-order valence-electron chi connectivity index (χ2n) is 6.51. The summed E-state index contributed by atoms with van der Waals surface area (Å²) in [4.78, 5) is 25.3. The van der Waals surface area contributed by atoms with E-state index in [4.69, 9.17) is 4.42 Å². The summed E-state index contributed by atoms with van der Waals surface area (Å²) in [5, 5.41) is 3.39. The summed E-state index contributed by atoms with van der Waals surface area (Å²) in [5.74, 6) is 0.387. The van der Waals surface area contributed by atoms with Gasteiger partial charge in [-0.2, -0.15) is 0 Å². The van der Waals surface area contributed by atoms with Crippen LogP contribution in [0, 0.1) is 0 Å². The molecule has 3 aromatic rings. The largest absolute Gasteiger partial charge is 0.455 e. The predicted molar refractivity (Wildman–Crippen MR) is 98.6 cm³/mol. The first-order valence-corrected chi connectivity index (χ1v) is 8.74. The molecule has 1 aliphatic carbocycles. The quantitative estimate of drug-likeness (QED) is 0.595. The van der Waals surface area contributed by atoms with Crippen molar-refractivity contribution in [1.29, 1.82) is 0 Å². The molecule has 4 rings (SSSR count). The molecule has 1 N–H and O–H groups in total. The minimum atomic E-state index is -0.224. The molecule has 0 bridgehead atoms. The first-order chi connectivity index (χ1) is 12.6. The highest BCUT2D eigenvalue weighted by Crippen LogP contribution is 2.31. The second-order valence-corrected chi connectivity index (χ2v) is 6.51. The Kier molecular flexibility index (Phi) is 4.27. The van der Waals surface area contributed by atoms with Crippen molar-refractivity contribution in [2.45, 2.75) is 19.4 Å². The molecule has 0 saturated carbocycles. The molecule has 0 aliphatic heterocycles. The van der Waals surface area contributed by atoms with Gasteiger partial charge in [-0.25, -0.2) is 0 Å². The van der Waals surface area contributed by atoms with Crippen LogP contribution in [-0.2, 0) is 6.42 Å². The van der Waals surface area contributed by atoms with E-state index in [0.29, 0.717) is 22.5 Å². The Morgan fingerprint density at radius 2 is 1.54 bits per heavy atom. The van der Waals surface area contributed by atoms with Crippen molar-refractivity contribution in [1.82, 2.24) is 5.32 Å². The number of carbonyl (C=O) groups excluding carboxylic acids is 2. The number of fused-ring (bicyclic) bond motifs is 2. The summed E-state index contributed by atoms with van der Waals surface area (Å²) in [6.07, 6.45) is 0.898. The third kappa shape index (κ3) is 2.89. The van der Waals surface area contributed by atoms with Crippen molar-refractivity contribution >= 4 is 11.6 Å². The Hall–Kier alpha value is -2.98. The molecular weight excluding hydrogens is 326 g/mol. The molecule has 0 saturated heterocycles. The van der Waals surface area contributed by atoms with Gasteiger partial charge in [-0.3, -0.25) is 9.59 Å². The van der Waals surface area contributed by atoms with E-state index in [0.717, 1.165) is 13.0 Å². The van der Waals surface area contributed by atoms with Gasteiger partial charge in [-0.1, -0.05) is 54.6 Å². The highest BCUT2D eigenvalue weighted by atomic mass is 16.4. The van der Waals surface area contributed by atoms with E-state index in [1.165, 1.54) is 5.56 Å². The summed E-state index contributed by atoms with van der Waals surface area (Å²) >= 11 is 0. The molecule has 0 amide bonds. The average Bonchev–Trinajstić information content (AvgIpc) is 3.13. The number of furan rings is 1. The van der Waals surface area contributed by atoms with Gasteiger partial charge in [-0.05, 0) is 31.5 Å². The number of hydrogen-bond donors (Lipinski definition) is 1. The number of benzene rings is 2. The van der Waals surface area contributed by atoms with E-state index in [9.17, 15) is 9.59 Å². The maximum Gasteiger partial charge on any atom is 0.229 e.